The van der Waals surface area contributed by atoms with E-state index in [1.807, 2.05) is 18.7 Å². The van der Waals surface area contributed by atoms with Gasteiger partial charge < -0.3 is 18.8 Å². The first kappa shape index (κ1) is 24.2. The van der Waals surface area contributed by atoms with Gasteiger partial charge in [0.25, 0.3) is 0 Å². The van der Waals surface area contributed by atoms with Crippen molar-refractivity contribution in [2.45, 2.75) is 45.4 Å². The molecule has 0 atom stereocenters. The molecule has 2 saturated heterocycles. The van der Waals surface area contributed by atoms with Crippen LogP contribution in [0.3, 0.4) is 0 Å². The van der Waals surface area contributed by atoms with Gasteiger partial charge in [0, 0.05) is 56.7 Å². The maximum atomic E-state index is 14.7. The summed E-state index contributed by atoms with van der Waals surface area (Å²) < 4.78 is 31.3. The van der Waals surface area contributed by atoms with Gasteiger partial charge in [-0.1, -0.05) is 13.8 Å². The molecule has 0 bridgehead atoms. The average molecular weight is 488 g/mol. The van der Waals surface area contributed by atoms with E-state index in [2.05, 4.69) is 9.88 Å². The standard InChI is InChI=1S/C26H34FN3O5/c1-17(2)24(31)30-5-3-26(4-6-30)15-18(16-26)23-28-21-14-19(13-20(27)22(21)25(32)35-23)34-12-9-29-7-10-33-11-8-29/h13-14,17-18H,3-12,15-16H2,1-2H3. The molecule has 0 radical (unpaired) electrons. The zero-order valence-corrected chi connectivity index (χ0v) is 20.6. The zero-order valence-electron chi connectivity index (χ0n) is 20.6. The quantitative estimate of drug-likeness (QED) is 0.619. The molecule has 1 aromatic carbocycles. The van der Waals surface area contributed by atoms with E-state index in [1.165, 1.54) is 6.07 Å². The molecule has 3 fully saturated rings. The van der Waals surface area contributed by atoms with Gasteiger partial charge in [-0.2, -0.15) is 0 Å². The minimum Gasteiger partial charge on any atom is -0.492 e. The van der Waals surface area contributed by atoms with E-state index in [1.54, 1.807) is 6.07 Å². The van der Waals surface area contributed by atoms with E-state index in [0.29, 0.717) is 31.5 Å². The number of piperidine rings is 1. The number of hydrogen-bond acceptors (Lipinski definition) is 7. The summed E-state index contributed by atoms with van der Waals surface area (Å²) in [7, 11) is 0. The van der Waals surface area contributed by atoms with Crippen molar-refractivity contribution in [1.82, 2.24) is 14.8 Å². The van der Waals surface area contributed by atoms with Crippen LogP contribution in [0.1, 0.15) is 51.3 Å². The largest absolute Gasteiger partial charge is 0.492 e. The number of aromatic nitrogens is 1. The number of fused-ring (bicyclic) bond motifs is 1. The van der Waals surface area contributed by atoms with Gasteiger partial charge in [0.05, 0.1) is 18.7 Å². The minimum atomic E-state index is -0.694. The topological polar surface area (TPSA) is 85.1 Å². The third-order valence-corrected chi connectivity index (χ3v) is 7.79. The number of morpholine rings is 1. The Bertz CT molecular complexity index is 1130. The molecule has 1 saturated carbocycles. The molecule has 1 aliphatic carbocycles. The smallest absolute Gasteiger partial charge is 0.349 e. The summed E-state index contributed by atoms with van der Waals surface area (Å²) in [6, 6.07) is 2.85. The van der Waals surface area contributed by atoms with E-state index >= 15 is 0 Å². The lowest BCUT2D eigenvalue weighted by atomic mass is 9.57. The molecule has 0 N–H and O–H groups in total. The van der Waals surface area contributed by atoms with Crippen LogP contribution in [0, 0.1) is 17.2 Å². The van der Waals surface area contributed by atoms with E-state index in [4.69, 9.17) is 13.9 Å². The van der Waals surface area contributed by atoms with Crippen molar-refractivity contribution in [3.8, 4) is 5.75 Å². The van der Waals surface area contributed by atoms with Crippen molar-refractivity contribution in [2.75, 3.05) is 52.5 Å². The highest BCUT2D eigenvalue weighted by Gasteiger charge is 2.48. The van der Waals surface area contributed by atoms with Crippen LogP contribution in [0.2, 0.25) is 0 Å². The summed E-state index contributed by atoms with van der Waals surface area (Å²) in [5.74, 6) is 0.321. The van der Waals surface area contributed by atoms with Gasteiger partial charge in [-0.25, -0.2) is 14.2 Å². The van der Waals surface area contributed by atoms with Crippen LogP contribution >= 0.6 is 0 Å². The highest BCUT2D eigenvalue weighted by molar-refractivity contribution is 5.79. The van der Waals surface area contributed by atoms with Gasteiger partial charge >= 0.3 is 5.63 Å². The molecule has 3 heterocycles. The fourth-order valence-electron chi connectivity index (χ4n) is 5.66. The van der Waals surface area contributed by atoms with Gasteiger partial charge in [-0.3, -0.25) is 9.69 Å². The first-order valence-corrected chi connectivity index (χ1v) is 12.7. The van der Waals surface area contributed by atoms with Gasteiger partial charge in [-0.15, -0.1) is 0 Å². The molecule has 9 heteroatoms. The normalized spacial score (nSPS) is 21.0. The first-order chi connectivity index (χ1) is 16.8. The van der Waals surface area contributed by atoms with Crippen LogP contribution < -0.4 is 10.4 Å². The summed E-state index contributed by atoms with van der Waals surface area (Å²) in [5, 5.41) is -0.135. The van der Waals surface area contributed by atoms with Crippen LogP contribution in [-0.4, -0.2) is 73.2 Å². The predicted molar refractivity (Wildman–Crippen MR) is 128 cm³/mol. The van der Waals surface area contributed by atoms with E-state index < -0.39 is 11.4 Å². The van der Waals surface area contributed by atoms with Crippen molar-refractivity contribution >= 4 is 16.8 Å². The molecule has 3 aliphatic rings. The number of benzene rings is 1. The number of hydrogen-bond donors (Lipinski definition) is 0. The molecule has 8 nitrogen and oxygen atoms in total. The maximum Gasteiger partial charge on any atom is 0.349 e. The molecule has 1 spiro atoms. The predicted octanol–water partition coefficient (Wildman–Crippen LogP) is 3.18. The number of nitrogens with zero attached hydrogens (tertiary/aromatic N) is 3. The molecular weight excluding hydrogens is 453 g/mol. The molecule has 5 rings (SSSR count). The highest BCUT2D eigenvalue weighted by Crippen LogP contribution is 2.56. The molecule has 35 heavy (non-hydrogen) atoms. The summed E-state index contributed by atoms with van der Waals surface area (Å²) in [6.07, 6.45) is 3.65. The van der Waals surface area contributed by atoms with Crippen LogP contribution in [0.15, 0.2) is 21.3 Å². The lowest BCUT2D eigenvalue weighted by molar-refractivity contribution is -0.138. The summed E-state index contributed by atoms with van der Waals surface area (Å²) >= 11 is 0. The Morgan fingerprint density at radius 2 is 1.91 bits per heavy atom. The van der Waals surface area contributed by atoms with Crippen molar-refractivity contribution in [1.29, 1.82) is 0 Å². The Labute approximate surface area is 204 Å². The highest BCUT2D eigenvalue weighted by atomic mass is 19.1. The Hall–Kier alpha value is -2.52. The fraction of sp³-hybridized carbons (Fsp3) is 0.654. The average Bonchev–Trinajstić information content (AvgIpc) is 2.82. The molecule has 2 aliphatic heterocycles. The molecule has 2 aromatic rings. The van der Waals surface area contributed by atoms with Crippen molar-refractivity contribution in [2.24, 2.45) is 11.3 Å². The Morgan fingerprint density at radius 1 is 1.20 bits per heavy atom. The first-order valence-electron chi connectivity index (χ1n) is 12.7. The Morgan fingerprint density at radius 3 is 2.60 bits per heavy atom. The van der Waals surface area contributed by atoms with E-state index in [-0.39, 0.29) is 34.1 Å². The fourth-order valence-corrected chi connectivity index (χ4v) is 5.66. The monoisotopic (exact) mass is 487 g/mol. The van der Waals surface area contributed by atoms with Crippen LogP contribution in [-0.2, 0) is 9.53 Å². The summed E-state index contributed by atoms with van der Waals surface area (Å²) in [4.78, 5) is 33.6. The second kappa shape index (κ2) is 9.85. The SMILES string of the molecule is CC(C)C(=O)N1CCC2(CC1)CC(c1nc3cc(OCCN4CCOCC4)cc(F)c3c(=O)o1)C2. The maximum absolute atomic E-state index is 14.7. The third-order valence-electron chi connectivity index (χ3n) is 7.79. The van der Waals surface area contributed by atoms with Crippen molar-refractivity contribution in [3.63, 3.8) is 0 Å². The van der Waals surface area contributed by atoms with E-state index in [9.17, 15) is 14.0 Å². The number of carbonyl (C=O) groups is 1. The second-order valence-electron chi connectivity index (χ2n) is 10.5. The summed E-state index contributed by atoms with van der Waals surface area (Å²) in [6.45, 7) is 9.69. The summed E-state index contributed by atoms with van der Waals surface area (Å²) in [5.41, 5.74) is -0.250. The van der Waals surface area contributed by atoms with Gasteiger partial charge in [0.2, 0.25) is 11.8 Å². The Balaban J connectivity index is 1.24. The number of amides is 1. The third kappa shape index (κ3) is 5.07. The minimum absolute atomic E-state index is 0.0166. The molecule has 1 amide bonds. The molecule has 0 unspecified atom stereocenters. The van der Waals surface area contributed by atoms with Crippen molar-refractivity contribution < 1.29 is 23.1 Å². The van der Waals surface area contributed by atoms with E-state index in [0.717, 1.165) is 58.4 Å². The number of rotatable bonds is 6. The van der Waals surface area contributed by atoms with Gasteiger partial charge in [0.1, 0.15) is 23.6 Å². The Kier molecular flexibility index (Phi) is 6.81. The lowest BCUT2D eigenvalue weighted by Gasteiger charge is -2.51. The van der Waals surface area contributed by atoms with Gasteiger partial charge in [0.15, 0.2) is 0 Å². The van der Waals surface area contributed by atoms with Gasteiger partial charge in [-0.05, 0) is 31.1 Å². The molecule has 190 valence electrons. The lowest BCUT2D eigenvalue weighted by Crippen LogP contribution is -2.49. The zero-order chi connectivity index (χ0) is 24.6. The van der Waals surface area contributed by atoms with Crippen LogP contribution in [0.4, 0.5) is 4.39 Å². The second-order valence-corrected chi connectivity index (χ2v) is 10.5. The molecular formula is C26H34FN3O5. The van der Waals surface area contributed by atoms with Crippen LogP contribution in [0.25, 0.3) is 10.9 Å². The van der Waals surface area contributed by atoms with Crippen molar-refractivity contribution in [3.05, 3.63) is 34.3 Å². The number of halogens is 1. The molecule has 1 aromatic heterocycles. The number of likely N-dealkylation sites (tertiary alicyclic amines) is 1. The van der Waals surface area contributed by atoms with Crippen LogP contribution in [0.5, 0.6) is 5.75 Å². The number of carbonyl (C=O) groups excluding carboxylic acids is 1. The number of ether oxygens (including phenoxy) is 2.